The van der Waals surface area contributed by atoms with Gasteiger partial charge in [0.25, 0.3) is 0 Å². The first-order valence-corrected chi connectivity index (χ1v) is 11.3. The molecule has 0 spiro atoms. The van der Waals surface area contributed by atoms with E-state index in [0.717, 1.165) is 21.7 Å². The zero-order valence-electron chi connectivity index (χ0n) is 18.3. The summed E-state index contributed by atoms with van der Waals surface area (Å²) in [7, 11) is 0. The fraction of sp³-hybridized carbons (Fsp3) is 0.348. The highest BCUT2D eigenvalue weighted by atomic mass is 32.2. The van der Waals surface area contributed by atoms with Gasteiger partial charge >= 0.3 is 6.61 Å². The summed E-state index contributed by atoms with van der Waals surface area (Å²) < 4.78 is 30.7. The maximum atomic E-state index is 13.4. The first kappa shape index (κ1) is 23.2. The number of rotatable bonds is 8. The quantitative estimate of drug-likeness (QED) is 0.544. The maximum Gasteiger partial charge on any atom is 0.387 e. The van der Waals surface area contributed by atoms with Crippen LogP contribution in [0.3, 0.4) is 0 Å². The van der Waals surface area contributed by atoms with Crippen molar-refractivity contribution in [2.24, 2.45) is 0 Å². The Bertz CT molecular complexity index is 1070. The monoisotopic (exact) mass is 474 g/mol. The van der Waals surface area contributed by atoms with Crippen LogP contribution in [-0.2, 0) is 22.7 Å². The number of aromatic nitrogens is 2. The molecule has 1 fully saturated rings. The van der Waals surface area contributed by atoms with Crippen molar-refractivity contribution in [2.45, 2.75) is 44.5 Å². The van der Waals surface area contributed by atoms with Gasteiger partial charge in [0.2, 0.25) is 5.91 Å². The van der Waals surface area contributed by atoms with Crippen LogP contribution in [0.25, 0.3) is 0 Å². The summed E-state index contributed by atoms with van der Waals surface area (Å²) in [4.78, 5) is 29.4. The van der Waals surface area contributed by atoms with Crippen molar-refractivity contribution in [1.29, 1.82) is 0 Å². The molecule has 0 bridgehead atoms. The van der Waals surface area contributed by atoms with Gasteiger partial charge in [-0.1, -0.05) is 18.2 Å². The number of carbonyl (C=O) groups is 2. The number of alkyl halides is 2. The van der Waals surface area contributed by atoms with Crippen molar-refractivity contribution >= 4 is 23.6 Å². The summed E-state index contributed by atoms with van der Waals surface area (Å²) >= 11 is 1.34. The number of carbonyl (C=O) groups excluding carboxylic acids is 2. The van der Waals surface area contributed by atoms with Crippen LogP contribution in [0, 0.1) is 0 Å². The molecule has 2 aliphatic heterocycles. The van der Waals surface area contributed by atoms with E-state index in [1.165, 1.54) is 24.1 Å². The molecule has 1 unspecified atom stereocenters. The van der Waals surface area contributed by atoms with Crippen molar-refractivity contribution in [3.8, 4) is 5.75 Å². The van der Waals surface area contributed by atoms with E-state index in [2.05, 4.69) is 9.84 Å². The van der Waals surface area contributed by atoms with E-state index in [1.54, 1.807) is 21.1 Å². The molecule has 1 amide bonds. The van der Waals surface area contributed by atoms with Gasteiger partial charge in [-0.25, -0.2) is 4.09 Å². The standard InChI is InChI=1S/C23H24F2N4O3S/c1-3-5-15(4-2)21(27-12-17(30)13-27)22(31)28-10-16-11-29(26-20(16)14-28)33-19-8-6-18(7-9-19)32-23(24)25/h3-9,11,21,23H,10,12-14H2,1-2H3/b5-3-,15-4+. The lowest BCUT2D eigenvalue weighted by molar-refractivity contribution is -0.142. The minimum absolute atomic E-state index is 0.0412. The predicted octanol–water partition coefficient (Wildman–Crippen LogP) is 3.66. The number of halogens is 2. The van der Waals surface area contributed by atoms with Crippen LogP contribution < -0.4 is 4.74 Å². The van der Waals surface area contributed by atoms with Gasteiger partial charge in [0, 0.05) is 35.1 Å². The first-order chi connectivity index (χ1) is 15.9. The van der Waals surface area contributed by atoms with Crippen LogP contribution in [0.1, 0.15) is 25.1 Å². The summed E-state index contributed by atoms with van der Waals surface area (Å²) in [5, 5.41) is 4.58. The van der Waals surface area contributed by atoms with Crippen molar-refractivity contribution < 1.29 is 23.1 Å². The summed E-state index contributed by atoms with van der Waals surface area (Å²) in [5.41, 5.74) is 2.65. The zero-order valence-corrected chi connectivity index (χ0v) is 19.1. The largest absolute Gasteiger partial charge is 0.435 e. The molecule has 1 atom stereocenters. The second-order valence-electron chi connectivity index (χ2n) is 7.77. The zero-order chi connectivity index (χ0) is 23.5. The number of ketones is 1. The molecule has 7 nitrogen and oxygen atoms in total. The van der Waals surface area contributed by atoms with E-state index >= 15 is 0 Å². The fourth-order valence-corrected chi connectivity index (χ4v) is 4.72. The van der Waals surface area contributed by atoms with Gasteiger partial charge in [0.15, 0.2) is 5.78 Å². The number of fused-ring (bicyclic) bond motifs is 1. The Labute approximate surface area is 194 Å². The van der Waals surface area contributed by atoms with E-state index in [1.807, 2.05) is 43.2 Å². The molecule has 0 saturated carbocycles. The Balaban J connectivity index is 1.42. The molecule has 0 aliphatic carbocycles. The topological polar surface area (TPSA) is 67.7 Å². The van der Waals surface area contributed by atoms with Gasteiger partial charge in [0.1, 0.15) is 11.8 Å². The minimum Gasteiger partial charge on any atom is -0.435 e. The number of hydrogen-bond donors (Lipinski definition) is 0. The molecule has 0 N–H and O–H groups in total. The van der Waals surface area contributed by atoms with Gasteiger partial charge in [0.05, 0.1) is 25.3 Å². The number of Topliss-reactive ketones (excluding diaryl/α,β-unsaturated/α-hetero) is 1. The van der Waals surface area contributed by atoms with Gasteiger partial charge in [-0.05, 0) is 43.7 Å². The molecule has 2 aliphatic rings. The fourth-order valence-electron chi connectivity index (χ4n) is 3.93. The van der Waals surface area contributed by atoms with E-state index in [9.17, 15) is 18.4 Å². The number of hydrogen-bond acceptors (Lipinski definition) is 6. The molecule has 3 heterocycles. The highest BCUT2D eigenvalue weighted by Crippen LogP contribution is 2.30. The molecule has 2 aromatic rings. The number of amides is 1. The molecule has 1 aromatic carbocycles. The van der Waals surface area contributed by atoms with Crippen molar-refractivity contribution in [2.75, 3.05) is 13.1 Å². The highest BCUT2D eigenvalue weighted by molar-refractivity contribution is 7.97. The Morgan fingerprint density at radius 3 is 2.45 bits per heavy atom. The van der Waals surface area contributed by atoms with E-state index < -0.39 is 12.7 Å². The lowest BCUT2D eigenvalue weighted by Crippen LogP contribution is -2.58. The molecule has 0 radical (unpaired) electrons. The van der Waals surface area contributed by atoms with Crippen molar-refractivity contribution in [3.05, 3.63) is 65.5 Å². The minimum atomic E-state index is -2.86. The van der Waals surface area contributed by atoms with Crippen LogP contribution in [0.15, 0.2) is 59.2 Å². The Hall–Kier alpha value is -2.98. The van der Waals surface area contributed by atoms with Crippen LogP contribution >= 0.6 is 11.9 Å². The molecule has 1 aromatic heterocycles. The van der Waals surface area contributed by atoms with Crippen LogP contribution in [0.5, 0.6) is 5.75 Å². The first-order valence-electron chi connectivity index (χ1n) is 10.5. The summed E-state index contributed by atoms with van der Waals surface area (Å²) in [6.07, 6.45) is 7.59. The number of benzene rings is 1. The number of allylic oxidation sites excluding steroid dienone is 2. The average molecular weight is 475 g/mol. The van der Waals surface area contributed by atoms with Gasteiger partial charge in [-0.3, -0.25) is 14.5 Å². The SMILES string of the molecule is C/C=C\C(=C/C)C(C(=O)N1Cc2cn(Sc3ccc(OC(F)F)cc3)nc2C1)N1CC(=O)C1. The van der Waals surface area contributed by atoms with E-state index in [0.29, 0.717) is 13.1 Å². The lowest BCUT2D eigenvalue weighted by atomic mass is 9.99. The summed E-state index contributed by atoms with van der Waals surface area (Å²) in [6, 6.07) is 5.85. The van der Waals surface area contributed by atoms with Gasteiger partial charge < -0.3 is 9.64 Å². The second-order valence-corrected chi connectivity index (χ2v) is 8.80. The molecule has 10 heteroatoms. The van der Waals surface area contributed by atoms with Crippen molar-refractivity contribution in [1.82, 2.24) is 19.0 Å². The van der Waals surface area contributed by atoms with E-state index in [-0.39, 0.29) is 30.5 Å². The van der Waals surface area contributed by atoms with E-state index in [4.69, 9.17) is 0 Å². The average Bonchev–Trinajstić information content (AvgIpc) is 3.31. The maximum absolute atomic E-state index is 13.4. The molecule has 174 valence electrons. The molecular weight excluding hydrogens is 450 g/mol. The van der Waals surface area contributed by atoms with Crippen LogP contribution in [0.4, 0.5) is 8.78 Å². The van der Waals surface area contributed by atoms with Crippen LogP contribution in [0.2, 0.25) is 0 Å². The number of likely N-dealkylation sites (tertiary alicyclic amines) is 1. The van der Waals surface area contributed by atoms with Gasteiger partial charge in [-0.2, -0.15) is 13.9 Å². The highest BCUT2D eigenvalue weighted by Gasteiger charge is 2.40. The lowest BCUT2D eigenvalue weighted by Gasteiger charge is -2.38. The number of nitrogens with zero attached hydrogens (tertiary/aromatic N) is 4. The third-order valence-electron chi connectivity index (χ3n) is 5.48. The van der Waals surface area contributed by atoms with Crippen molar-refractivity contribution in [3.63, 3.8) is 0 Å². The molecule has 4 rings (SSSR count). The molecule has 33 heavy (non-hydrogen) atoms. The Morgan fingerprint density at radius 1 is 1.15 bits per heavy atom. The summed E-state index contributed by atoms with van der Waals surface area (Å²) in [6.45, 7) is 2.35. The Kier molecular flexibility index (Phi) is 6.94. The van der Waals surface area contributed by atoms with Gasteiger partial charge in [-0.15, -0.1) is 0 Å². The van der Waals surface area contributed by atoms with Crippen LogP contribution in [-0.4, -0.2) is 56.4 Å². The summed E-state index contributed by atoms with van der Waals surface area (Å²) in [5.74, 6) is 0.194. The number of ether oxygens (including phenoxy) is 1. The second kappa shape index (κ2) is 9.88. The third kappa shape index (κ3) is 5.17. The predicted molar refractivity (Wildman–Crippen MR) is 120 cm³/mol. The third-order valence-corrected chi connectivity index (χ3v) is 6.34. The normalized spacial score (nSPS) is 17.5. The molecular formula is C23H24F2N4O3S. The Morgan fingerprint density at radius 2 is 1.88 bits per heavy atom. The smallest absolute Gasteiger partial charge is 0.387 e. The molecule has 1 saturated heterocycles.